The van der Waals surface area contributed by atoms with Crippen LogP contribution in [0.2, 0.25) is 0 Å². The fourth-order valence-electron chi connectivity index (χ4n) is 4.69. The highest BCUT2D eigenvalue weighted by Gasteiger charge is 2.27. The van der Waals surface area contributed by atoms with Crippen molar-refractivity contribution in [1.29, 1.82) is 0 Å². The largest absolute Gasteiger partial charge is 0.365 e. The number of imidazole rings is 1. The Hall–Kier alpha value is -2.68. The maximum atomic E-state index is 13.5. The zero-order valence-electron chi connectivity index (χ0n) is 19.3. The van der Waals surface area contributed by atoms with Gasteiger partial charge in [-0.3, -0.25) is 4.79 Å². The van der Waals surface area contributed by atoms with E-state index in [2.05, 4.69) is 24.1 Å². The average molecular weight is 471 g/mol. The summed E-state index contributed by atoms with van der Waals surface area (Å²) in [4.78, 5) is 22.3. The third-order valence-corrected chi connectivity index (χ3v) is 7.46. The van der Waals surface area contributed by atoms with Crippen LogP contribution in [0.1, 0.15) is 46.0 Å². The molecule has 1 saturated carbocycles. The standard InChI is InChI=1S/C24H31FN6OS/c1-16(2)15-20(32)29-11-13-30(14-12-29)24-28-31-22(26-19-5-3-4-6-19)21(27-23(31)33-24)17-7-9-18(25)10-8-17/h7-10,16,19,26H,3-6,11-15H2,1-2H3. The summed E-state index contributed by atoms with van der Waals surface area (Å²) in [6, 6.07) is 6.90. The van der Waals surface area contributed by atoms with Crippen LogP contribution in [0.4, 0.5) is 15.3 Å². The summed E-state index contributed by atoms with van der Waals surface area (Å²) >= 11 is 1.56. The van der Waals surface area contributed by atoms with Gasteiger partial charge in [0.15, 0.2) is 5.82 Å². The highest BCUT2D eigenvalue weighted by molar-refractivity contribution is 7.20. The summed E-state index contributed by atoms with van der Waals surface area (Å²) in [5, 5.41) is 9.53. The number of nitrogens with zero attached hydrogens (tertiary/aromatic N) is 5. The Balaban J connectivity index is 1.39. The highest BCUT2D eigenvalue weighted by atomic mass is 32.1. The Morgan fingerprint density at radius 3 is 2.52 bits per heavy atom. The van der Waals surface area contributed by atoms with Crippen LogP contribution in [0.25, 0.3) is 16.2 Å². The second-order valence-corrected chi connectivity index (χ2v) is 10.4. The molecule has 2 fully saturated rings. The number of fused-ring (bicyclic) bond motifs is 1. The minimum absolute atomic E-state index is 0.241. The second kappa shape index (κ2) is 9.29. The number of amides is 1. The van der Waals surface area contributed by atoms with E-state index in [0.717, 1.165) is 66.2 Å². The van der Waals surface area contributed by atoms with Crippen LogP contribution in [0.15, 0.2) is 24.3 Å². The molecule has 3 heterocycles. The van der Waals surface area contributed by atoms with Gasteiger partial charge >= 0.3 is 0 Å². The Morgan fingerprint density at radius 1 is 1.15 bits per heavy atom. The number of halogens is 1. The summed E-state index contributed by atoms with van der Waals surface area (Å²) in [5.41, 5.74) is 1.70. The number of rotatable bonds is 6. The van der Waals surface area contributed by atoms with Gasteiger partial charge in [0.1, 0.15) is 11.5 Å². The molecule has 1 N–H and O–H groups in total. The lowest BCUT2D eigenvalue weighted by atomic mass is 10.1. The number of carbonyl (C=O) groups is 1. The van der Waals surface area contributed by atoms with Crippen LogP contribution in [-0.2, 0) is 4.79 Å². The van der Waals surface area contributed by atoms with E-state index in [1.807, 2.05) is 9.42 Å². The lowest BCUT2D eigenvalue weighted by Gasteiger charge is -2.34. The molecule has 176 valence electrons. The number of hydrogen-bond acceptors (Lipinski definition) is 6. The molecule has 9 heteroatoms. The Morgan fingerprint density at radius 2 is 1.85 bits per heavy atom. The summed E-state index contributed by atoms with van der Waals surface area (Å²) in [6.45, 7) is 7.16. The van der Waals surface area contributed by atoms with Gasteiger partial charge in [0.05, 0.1) is 0 Å². The molecule has 0 radical (unpaired) electrons. The molecule has 33 heavy (non-hydrogen) atoms. The smallest absolute Gasteiger partial charge is 0.222 e. The number of benzene rings is 1. The first-order valence-electron chi connectivity index (χ1n) is 11.9. The van der Waals surface area contributed by atoms with Crippen LogP contribution < -0.4 is 10.2 Å². The molecule has 7 nitrogen and oxygen atoms in total. The molecule has 2 aliphatic rings. The fraction of sp³-hybridized carbons (Fsp3) is 0.542. The van der Waals surface area contributed by atoms with E-state index in [4.69, 9.17) is 10.1 Å². The van der Waals surface area contributed by atoms with E-state index in [1.165, 1.54) is 25.0 Å². The van der Waals surface area contributed by atoms with Gasteiger partial charge in [-0.15, -0.1) is 5.10 Å². The molecule has 1 amide bonds. The molecular formula is C24H31FN6OS. The van der Waals surface area contributed by atoms with Gasteiger partial charge in [-0.05, 0) is 43.0 Å². The normalized spacial score (nSPS) is 17.5. The lowest BCUT2D eigenvalue weighted by Crippen LogP contribution is -2.49. The van der Waals surface area contributed by atoms with Crippen molar-refractivity contribution in [1.82, 2.24) is 19.5 Å². The molecule has 5 rings (SSSR count). The molecular weight excluding hydrogens is 439 g/mol. The van der Waals surface area contributed by atoms with Gasteiger partial charge in [0.25, 0.3) is 0 Å². The van der Waals surface area contributed by atoms with Gasteiger partial charge in [-0.1, -0.05) is 38.0 Å². The van der Waals surface area contributed by atoms with E-state index >= 15 is 0 Å². The number of piperazine rings is 1. The van der Waals surface area contributed by atoms with Crippen LogP contribution in [-0.4, -0.2) is 57.6 Å². The maximum absolute atomic E-state index is 13.5. The fourth-order valence-corrected chi connectivity index (χ4v) is 5.65. The van der Waals surface area contributed by atoms with Gasteiger partial charge in [0.2, 0.25) is 16.0 Å². The molecule has 3 aromatic rings. The molecule has 0 unspecified atom stereocenters. The molecule has 1 aliphatic heterocycles. The van der Waals surface area contributed by atoms with Crippen molar-refractivity contribution >= 4 is 33.2 Å². The van der Waals surface area contributed by atoms with E-state index < -0.39 is 0 Å². The minimum atomic E-state index is -0.253. The highest BCUT2D eigenvalue weighted by Crippen LogP contribution is 2.35. The van der Waals surface area contributed by atoms with Crippen molar-refractivity contribution in [2.45, 2.75) is 52.0 Å². The third-order valence-electron chi connectivity index (χ3n) is 6.49. The topological polar surface area (TPSA) is 65.8 Å². The summed E-state index contributed by atoms with van der Waals surface area (Å²) in [5.74, 6) is 1.25. The molecule has 1 aliphatic carbocycles. The number of carbonyl (C=O) groups excluding carboxylic acids is 1. The van der Waals surface area contributed by atoms with Gasteiger partial charge in [-0.2, -0.15) is 4.52 Å². The Labute approximate surface area is 197 Å². The number of anilines is 2. The predicted octanol–water partition coefficient (Wildman–Crippen LogP) is 4.65. The van der Waals surface area contributed by atoms with Gasteiger partial charge in [0, 0.05) is 44.2 Å². The Kier molecular flexibility index (Phi) is 6.23. The van der Waals surface area contributed by atoms with Crippen molar-refractivity contribution in [3.05, 3.63) is 30.1 Å². The van der Waals surface area contributed by atoms with Crippen molar-refractivity contribution in [3.63, 3.8) is 0 Å². The van der Waals surface area contributed by atoms with E-state index in [9.17, 15) is 9.18 Å². The maximum Gasteiger partial charge on any atom is 0.222 e. The molecule has 1 aromatic carbocycles. The van der Waals surface area contributed by atoms with Crippen molar-refractivity contribution in [2.24, 2.45) is 5.92 Å². The van der Waals surface area contributed by atoms with Crippen molar-refractivity contribution in [2.75, 3.05) is 36.4 Å². The van der Waals surface area contributed by atoms with E-state index in [0.29, 0.717) is 18.4 Å². The van der Waals surface area contributed by atoms with Crippen LogP contribution in [0.5, 0.6) is 0 Å². The zero-order valence-corrected chi connectivity index (χ0v) is 20.1. The number of nitrogens with one attached hydrogen (secondary N) is 1. The summed E-state index contributed by atoms with van der Waals surface area (Å²) in [6.07, 6.45) is 5.34. The first-order valence-corrected chi connectivity index (χ1v) is 12.7. The first-order chi connectivity index (χ1) is 16.0. The molecule has 0 spiro atoms. The predicted molar refractivity (Wildman–Crippen MR) is 130 cm³/mol. The SMILES string of the molecule is CC(C)CC(=O)N1CCN(c2nn3c(NC4CCCC4)c(-c4ccc(F)cc4)nc3s2)CC1. The second-order valence-electron chi connectivity index (χ2n) is 9.49. The van der Waals surface area contributed by atoms with Gasteiger partial charge in [-0.25, -0.2) is 9.37 Å². The lowest BCUT2D eigenvalue weighted by molar-refractivity contribution is -0.132. The minimum Gasteiger partial charge on any atom is -0.365 e. The third kappa shape index (κ3) is 4.69. The molecule has 1 saturated heterocycles. The van der Waals surface area contributed by atoms with Crippen molar-refractivity contribution in [3.8, 4) is 11.3 Å². The monoisotopic (exact) mass is 470 g/mol. The molecule has 0 bridgehead atoms. The van der Waals surface area contributed by atoms with E-state index in [1.54, 1.807) is 23.5 Å². The molecule has 2 aromatic heterocycles. The van der Waals surface area contributed by atoms with Crippen LogP contribution in [0.3, 0.4) is 0 Å². The Bertz CT molecular complexity index is 1110. The summed E-state index contributed by atoms with van der Waals surface area (Å²) < 4.78 is 15.4. The first kappa shape index (κ1) is 22.1. The summed E-state index contributed by atoms with van der Waals surface area (Å²) in [7, 11) is 0. The number of hydrogen-bond donors (Lipinski definition) is 1. The molecule has 0 atom stereocenters. The van der Waals surface area contributed by atoms with Gasteiger partial charge < -0.3 is 15.1 Å². The van der Waals surface area contributed by atoms with Crippen molar-refractivity contribution < 1.29 is 9.18 Å². The quantitative estimate of drug-likeness (QED) is 0.568. The zero-order chi connectivity index (χ0) is 22.9. The number of aromatic nitrogens is 3. The van der Waals surface area contributed by atoms with E-state index in [-0.39, 0.29) is 11.7 Å². The van der Waals surface area contributed by atoms with Crippen LogP contribution >= 0.6 is 11.3 Å². The van der Waals surface area contributed by atoms with Crippen LogP contribution in [0, 0.1) is 11.7 Å². The average Bonchev–Trinajstić information content (AvgIpc) is 3.52.